The monoisotopic (exact) mass is 813 g/mol. The molecule has 241 valence electrons. The molecule has 0 aliphatic rings. The van der Waals surface area contributed by atoms with Gasteiger partial charge in [0.2, 0.25) is 0 Å². The number of furan rings is 1. The van der Waals surface area contributed by atoms with Crippen molar-refractivity contribution in [1.29, 1.82) is 0 Å². The van der Waals surface area contributed by atoms with E-state index in [4.69, 9.17) is 14.4 Å². The molecule has 0 unspecified atom stereocenters. The quantitative estimate of drug-likeness (QED) is 0.167. The van der Waals surface area contributed by atoms with Gasteiger partial charge >= 0.3 is 0 Å². The number of nitrogens with zero attached hydrogens (tertiary/aromatic N) is 4. The van der Waals surface area contributed by atoms with Crippen LogP contribution in [0.2, 0.25) is 0 Å². The molecule has 0 saturated carbocycles. The van der Waals surface area contributed by atoms with Crippen molar-refractivity contribution in [3.05, 3.63) is 158 Å². The Bertz CT molecular complexity index is 2500. The van der Waals surface area contributed by atoms with E-state index in [0.29, 0.717) is 0 Å². The summed E-state index contributed by atoms with van der Waals surface area (Å²) in [5, 5.41) is 4.42. The number of hydrogen-bond acceptors (Lipinski definition) is 4. The Morgan fingerprint density at radius 2 is 1.41 bits per heavy atom. The van der Waals surface area contributed by atoms with Gasteiger partial charge in [-0.15, -0.1) is 54.1 Å². The van der Waals surface area contributed by atoms with E-state index < -0.39 is 0 Å². The van der Waals surface area contributed by atoms with Crippen LogP contribution in [0.1, 0.15) is 26.5 Å². The molecular weight excluding hydrogens is 781 g/mol. The number of benzene rings is 5. The van der Waals surface area contributed by atoms with E-state index >= 15 is 0 Å². The predicted octanol–water partition coefficient (Wildman–Crippen LogP) is 10.8. The van der Waals surface area contributed by atoms with Gasteiger partial charge in [-0.3, -0.25) is 9.97 Å². The molecule has 9 rings (SSSR count). The predicted molar refractivity (Wildman–Crippen MR) is 195 cm³/mol. The molecule has 0 aliphatic heterocycles. The van der Waals surface area contributed by atoms with Crippen LogP contribution >= 0.6 is 0 Å². The zero-order chi connectivity index (χ0) is 32.7. The minimum absolute atomic E-state index is 0. The molecule has 5 aromatic carbocycles. The Labute approximate surface area is 298 Å². The van der Waals surface area contributed by atoms with Gasteiger partial charge in [0.1, 0.15) is 5.58 Å². The third-order valence-electron chi connectivity index (χ3n) is 8.49. The summed E-state index contributed by atoms with van der Waals surface area (Å²) in [7, 11) is 0. The maximum absolute atomic E-state index is 6.64. The van der Waals surface area contributed by atoms with Crippen LogP contribution in [0.25, 0.3) is 72.1 Å². The molecular formula is C43H32IrN4O-2. The van der Waals surface area contributed by atoms with Crippen molar-refractivity contribution in [2.45, 2.75) is 26.2 Å². The van der Waals surface area contributed by atoms with Crippen molar-refractivity contribution < 1.29 is 24.5 Å². The number of fused-ring (bicyclic) bond motifs is 6. The van der Waals surface area contributed by atoms with Gasteiger partial charge in [-0.05, 0) is 35.3 Å². The van der Waals surface area contributed by atoms with Gasteiger partial charge in [0, 0.05) is 54.4 Å². The summed E-state index contributed by atoms with van der Waals surface area (Å²) in [5.74, 6) is 0.795. The first-order valence-electron chi connectivity index (χ1n) is 16.0. The van der Waals surface area contributed by atoms with Gasteiger partial charge in [0.25, 0.3) is 0 Å². The van der Waals surface area contributed by atoms with E-state index in [2.05, 4.69) is 109 Å². The van der Waals surface area contributed by atoms with E-state index in [1.807, 2.05) is 66.9 Å². The van der Waals surface area contributed by atoms with E-state index in [9.17, 15) is 0 Å². The number of para-hydroxylation sites is 1. The Hall–Kier alpha value is -5.42. The van der Waals surface area contributed by atoms with Crippen LogP contribution < -0.4 is 0 Å². The topological polar surface area (TPSA) is 56.7 Å². The fourth-order valence-corrected chi connectivity index (χ4v) is 6.28. The van der Waals surface area contributed by atoms with Crippen molar-refractivity contribution >= 4 is 43.7 Å². The SMILES string of the molecule is CC(C)(C)c1nccc2nc(-c3[c-]ccc4c3oc3c5ccccc5ccc43)n(-c3ccccc3)c12.[Ir].[c-]1ccccc1-c1ccccn1. The van der Waals surface area contributed by atoms with Crippen molar-refractivity contribution in [1.82, 2.24) is 19.5 Å². The molecule has 1 radical (unpaired) electrons. The van der Waals surface area contributed by atoms with Crippen molar-refractivity contribution in [3.63, 3.8) is 0 Å². The molecule has 0 aliphatic carbocycles. The molecule has 0 spiro atoms. The molecule has 0 atom stereocenters. The van der Waals surface area contributed by atoms with E-state index in [1.54, 1.807) is 6.20 Å². The second kappa shape index (κ2) is 13.2. The zero-order valence-electron chi connectivity index (χ0n) is 27.3. The molecule has 5 nitrogen and oxygen atoms in total. The van der Waals surface area contributed by atoms with Crippen LogP contribution in [0.5, 0.6) is 0 Å². The third kappa shape index (κ3) is 5.95. The van der Waals surface area contributed by atoms with Crippen LogP contribution in [0.3, 0.4) is 0 Å². The average molecular weight is 813 g/mol. The summed E-state index contributed by atoms with van der Waals surface area (Å²) in [6, 6.07) is 49.3. The summed E-state index contributed by atoms with van der Waals surface area (Å²) in [4.78, 5) is 14.2. The van der Waals surface area contributed by atoms with Crippen LogP contribution in [-0.4, -0.2) is 19.5 Å². The summed E-state index contributed by atoms with van der Waals surface area (Å²) in [6.07, 6.45) is 3.64. The minimum Gasteiger partial charge on any atom is -0.500 e. The second-order valence-corrected chi connectivity index (χ2v) is 12.7. The van der Waals surface area contributed by atoms with Gasteiger partial charge in [0.05, 0.1) is 28.1 Å². The Morgan fingerprint density at radius 1 is 0.633 bits per heavy atom. The summed E-state index contributed by atoms with van der Waals surface area (Å²) in [6.45, 7) is 6.57. The van der Waals surface area contributed by atoms with Crippen molar-refractivity contribution in [2.75, 3.05) is 0 Å². The van der Waals surface area contributed by atoms with E-state index in [1.165, 1.54) is 0 Å². The van der Waals surface area contributed by atoms with Crippen LogP contribution in [0.4, 0.5) is 0 Å². The largest absolute Gasteiger partial charge is 0.500 e. The number of rotatable bonds is 3. The normalized spacial score (nSPS) is 11.4. The summed E-state index contributed by atoms with van der Waals surface area (Å²) >= 11 is 0. The van der Waals surface area contributed by atoms with E-state index in [-0.39, 0.29) is 25.5 Å². The van der Waals surface area contributed by atoms with Gasteiger partial charge in [-0.25, -0.2) is 0 Å². The molecule has 0 fully saturated rings. The van der Waals surface area contributed by atoms with Crippen molar-refractivity contribution in [2.24, 2.45) is 0 Å². The van der Waals surface area contributed by atoms with E-state index in [0.717, 1.165) is 77.8 Å². The smallest absolute Gasteiger partial charge is 0.128 e. The number of pyridine rings is 2. The van der Waals surface area contributed by atoms with Gasteiger partial charge in [-0.1, -0.05) is 98.5 Å². The first kappa shape index (κ1) is 32.1. The molecule has 6 heteroatoms. The number of hydrogen-bond donors (Lipinski definition) is 0. The maximum Gasteiger partial charge on any atom is 0.128 e. The molecule has 9 aromatic rings. The molecule has 4 heterocycles. The summed E-state index contributed by atoms with van der Waals surface area (Å²) in [5.41, 5.74) is 8.33. The van der Waals surface area contributed by atoms with Crippen LogP contribution in [-0.2, 0) is 25.5 Å². The third-order valence-corrected chi connectivity index (χ3v) is 8.49. The Morgan fingerprint density at radius 3 is 2.18 bits per heavy atom. The van der Waals surface area contributed by atoms with Gasteiger partial charge < -0.3 is 14.0 Å². The van der Waals surface area contributed by atoms with Crippen LogP contribution in [0, 0.1) is 12.1 Å². The maximum atomic E-state index is 6.64. The Kier molecular flexibility index (Phi) is 8.68. The fourth-order valence-electron chi connectivity index (χ4n) is 6.28. The second-order valence-electron chi connectivity index (χ2n) is 12.7. The zero-order valence-corrected chi connectivity index (χ0v) is 29.7. The molecule has 0 amide bonds. The van der Waals surface area contributed by atoms with Crippen molar-refractivity contribution in [3.8, 4) is 28.3 Å². The van der Waals surface area contributed by atoms with Gasteiger partial charge in [-0.2, -0.15) is 0 Å². The summed E-state index contributed by atoms with van der Waals surface area (Å²) < 4.78 is 8.84. The fraction of sp³-hybridized carbons (Fsp3) is 0.0930. The first-order valence-corrected chi connectivity index (χ1v) is 16.0. The van der Waals surface area contributed by atoms with Crippen LogP contribution in [0.15, 0.2) is 144 Å². The number of imidazole rings is 1. The minimum atomic E-state index is -0.155. The standard InChI is InChI=1S/C32H24N3O.C11H8N.Ir/c1-32(2,3)30-27-26(18-19-33-30)34-31(35(27)21-11-5-4-6-12-21)25-15-9-14-23-24-17-16-20-10-7-8-13-22(20)28(24)36-29(23)25;1-2-6-10(7-3-1)11-8-4-5-9-12-11;/h4-14,16-19H,1-3H3;1-6,8-9H;/q2*-1;. The molecule has 0 saturated heterocycles. The number of aromatic nitrogens is 4. The first-order chi connectivity index (χ1) is 23.5. The Balaban J connectivity index is 0.000000246. The van der Waals surface area contributed by atoms with Gasteiger partial charge in [0.15, 0.2) is 0 Å². The average Bonchev–Trinajstić information content (AvgIpc) is 3.72. The molecule has 49 heavy (non-hydrogen) atoms. The molecule has 0 bridgehead atoms. The molecule has 4 aromatic heterocycles. The molecule has 0 N–H and O–H groups in total.